The van der Waals surface area contributed by atoms with Crippen LogP contribution in [0.3, 0.4) is 0 Å². The summed E-state index contributed by atoms with van der Waals surface area (Å²) in [6, 6.07) is 1.05. The third-order valence-corrected chi connectivity index (χ3v) is 5.21. The van der Waals surface area contributed by atoms with Crippen LogP contribution in [0.5, 0.6) is 0 Å². The van der Waals surface area contributed by atoms with Gasteiger partial charge in [-0.25, -0.2) is 4.79 Å². The number of carbonyl (C=O) groups is 1. The highest BCUT2D eigenvalue weighted by Crippen LogP contribution is 2.24. The topological polar surface area (TPSA) is 65.0 Å². The quantitative estimate of drug-likeness (QED) is 0.156. The molecule has 0 bridgehead atoms. The minimum absolute atomic E-state index is 0.0928. The van der Waals surface area contributed by atoms with Crippen LogP contribution >= 0.6 is 0 Å². The summed E-state index contributed by atoms with van der Waals surface area (Å²) in [6.45, 7) is 14.8. The molecule has 0 aromatic rings. The molecule has 0 aliphatic carbocycles. The molecule has 0 radical (unpaired) electrons. The zero-order valence-electron chi connectivity index (χ0n) is 15.3. The fourth-order valence-electron chi connectivity index (χ4n) is 1.93. The lowest BCUT2D eigenvalue weighted by molar-refractivity contribution is -0.152. The van der Waals surface area contributed by atoms with Crippen molar-refractivity contribution in [3.05, 3.63) is 24.8 Å². The highest BCUT2D eigenvalue weighted by Gasteiger charge is 2.34. The van der Waals surface area contributed by atoms with E-state index in [0.717, 1.165) is 6.04 Å². The Hall–Kier alpha value is -0.953. The second-order valence-corrected chi connectivity index (χ2v) is 12.7. The van der Waals surface area contributed by atoms with E-state index in [-0.39, 0.29) is 12.7 Å². The van der Waals surface area contributed by atoms with Crippen molar-refractivity contribution in [1.82, 2.24) is 0 Å². The van der Waals surface area contributed by atoms with Crippen molar-refractivity contribution < 1.29 is 24.1 Å². The summed E-state index contributed by atoms with van der Waals surface area (Å²) in [6.07, 6.45) is 3.70. The molecular formula is C17H32O5Si. The molecule has 0 aromatic heterocycles. The summed E-state index contributed by atoms with van der Waals surface area (Å²) in [5.74, 6) is -0.644. The molecule has 0 rings (SSSR count). The molecule has 0 spiro atoms. The van der Waals surface area contributed by atoms with Gasteiger partial charge in [0.1, 0.15) is 12.4 Å². The standard InChI is InChI=1S/C17H32O5Si/c1-8-14(2)16(17(3,19)10-9-15(18)20-4)22-13-21-11-12-23(5,6)7/h8-10,14,16,19H,1,11-13H2,2-7H3/b10-9+/t14-,16-,17+/m0/s1. The first-order chi connectivity index (χ1) is 10.5. The minimum atomic E-state index is -1.34. The zero-order chi connectivity index (χ0) is 18.1. The summed E-state index contributed by atoms with van der Waals surface area (Å²) in [5.41, 5.74) is -1.34. The first-order valence-corrected chi connectivity index (χ1v) is 11.6. The van der Waals surface area contributed by atoms with Crippen molar-refractivity contribution in [2.45, 2.75) is 51.2 Å². The Morgan fingerprint density at radius 2 is 2.00 bits per heavy atom. The van der Waals surface area contributed by atoms with Crippen molar-refractivity contribution in [3.8, 4) is 0 Å². The van der Waals surface area contributed by atoms with Crippen LogP contribution in [0.25, 0.3) is 0 Å². The Morgan fingerprint density at radius 1 is 1.39 bits per heavy atom. The van der Waals surface area contributed by atoms with E-state index in [1.54, 1.807) is 13.0 Å². The van der Waals surface area contributed by atoms with Crippen LogP contribution < -0.4 is 0 Å². The van der Waals surface area contributed by atoms with Gasteiger partial charge in [-0.15, -0.1) is 6.58 Å². The molecule has 0 heterocycles. The third kappa shape index (κ3) is 9.71. The molecule has 0 saturated heterocycles. The van der Waals surface area contributed by atoms with E-state index in [1.807, 2.05) is 6.92 Å². The van der Waals surface area contributed by atoms with Crippen LogP contribution in [0, 0.1) is 5.92 Å². The Bertz CT molecular complexity index is 398. The molecule has 0 fully saturated rings. The summed E-state index contributed by atoms with van der Waals surface area (Å²) < 4.78 is 15.8. The van der Waals surface area contributed by atoms with E-state index in [0.29, 0.717) is 6.61 Å². The summed E-state index contributed by atoms with van der Waals surface area (Å²) in [7, 11) is 0.148. The van der Waals surface area contributed by atoms with Gasteiger partial charge in [0.2, 0.25) is 0 Å². The number of esters is 1. The Labute approximate surface area is 141 Å². The van der Waals surface area contributed by atoms with E-state index in [4.69, 9.17) is 9.47 Å². The molecular weight excluding hydrogens is 312 g/mol. The zero-order valence-corrected chi connectivity index (χ0v) is 16.3. The summed E-state index contributed by atoms with van der Waals surface area (Å²) >= 11 is 0. The lowest BCUT2D eigenvalue weighted by Gasteiger charge is -2.33. The van der Waals surface area contributed by atoms with E-state index in [9.17, 15) is 9.90 Å². The Morgan fingerprint density at radius 3 is 2.48 bits per heavy atom. The van der Waals surface area contributed by atoms with Crippen molar-refractivity contribution in [2.75, 3.05) is 20.5 Å². The van der Waals surface area contributed by atoms with E-state index < -0.39 is 25.7 Å². The predicted molar refractivity (Wildman–Crippen MR) is 95.0 cm³/mol. The molecule has 1 N–H and O–H groups in total. The van der Waals surface area contributed by atoms with Crippen LogP contribution in [-0.2, 0) is 19.0 Å². The van der Waals surface area contributed by atoms with E-state index >= 15 is 0 Å². The van der Waals surface area contributed by atoms with Gasteiger partial charge >= 0.3 is 5.97 Å². The summed E-state index contributed by atoms with van der Waals surface area (Å²) in [5, 5.41) is 10.6. The first-order valence-electron chi connectivity index (χ1n) is 7.85. The van der Waals surface area contributed by atoms with Crippen molar-refractivity contribution in [2.24, 2.45) is 5.92 Å². The largest absolute Gasteiger partial charge is 0.466 e. The molecule has 23 heavy (non-hydrogen) atoms. The lowest BCUT2D eigenvalue weighted by atomic mass is 9.89. The van der Waals surface area contributed by atoms with Crippen molar-refractivity contribution in [1.29, 1.82) is 0 Å². The smallest absolute Gasteiger partial charge is 0.330 e. The van der Waals surface area contributed by atoms with Crippen LogP contribution in [0.2, 0.25) is 25.7 Å². The third-order valence-electron chi connectivity index (χ3n) is 3.51. The van der Waals surface area contributed by atoms with Crippen LogP contribution in [0.4, 0.5) is 0 Å². The van der Waals surface area contributed by atoms with Crippen LogP contribution in [-0.4, -0.2) is 51.4 Å². The van der Waals surface area contributed by atoms with Crippen LogP contribution in [0.1, 0.15) is 13.8 Å². The molecule has 3 atom stereocenters. The second-order valence-electron chi connectivity index (χ2n) is 7.10. The second kappa shape index (κ2) is 10.0. The van der Waals surface area contributed by atoms with Gasteiger partial charge in [-0.2, -0.15) is 0 Å². The van der Waals surface area contributed by atoms with Crippen molar-refractivity contribution >= 4 is 14.0 Å². The molecule has 0 unspecified atom stereocenters. The first kappa shape index (κ1) is 22.0. The maximum Gasteiger partial charge on any atom is 0.330 e. The van der Waals surface area contributed by atoms with E-state index in [1.165, 1.54) is 19.3 Å². The molecule has 6 heteroatoms. The number of methoxy groups -OCH3 is 1. The maximum atomic E-state index is 11.2. The molecule has 0 aliphatic rings. The van der Waals surface area contributed by atoms with E-state index in [2.05, 4.69) is 31.0 Å². The molecule has 0 saturated carbocycles. The molecule has 134 valence electrons. The Kier molecular flexibility index (Phi) is 9.61. The normalized spacial score (nSPS) is 17.5. The van der Waals surface area contributed by atoms with Gasteiger partial charge in [0, 0.05) is 26.7 Å². The van der Waals surface area contributed by atoms with Gasteiger partial charge in [-0.3, -0.25) is 0 Å². The average Bonchev–Trinajstić information content (AvgIpc) is 2.46. The highest BCUT2D eigenvalue weighted by atomic mass is 28.3. The monoisotopic (exact) mass is 344 g/mol. The predicted octanol–water partition coefficient (Wildman–Crippen LogP) is 2.99. The number of hydrogen-bond acceptors (Lipinski definition) is 5. The highest BCUT2D eigenvalue weighted by molar-refractivity contribution is 6.76. The SMILES string of the molecule is C=C[C@H](C)[C@H](OCOCC[Si](C)(C)C)[C@](C)(O)/C=C/C(=O)OC. The van der Waals surface area contributed by atoms with Gasteiger partial charge in [0.05, 0.1) is 13.2 Å². The van der Waals surface area contributed by atoms with Crippen LogP contribution in [0.15, 0.2) is 24.8 Å². The van der Waals surface area contributed by atoms with Gasteiger partial charge in [-0.05, 0) is 19.0 Å². The number of hydrogen-bond donors (Lipinski definition) is 1. The molecule has 5 nitrogen and oxygen atoms in total. The van der Waals surface area contributed by atoms with Gasteiger partial charge in [0.15, 0.2) is 0 Å². The number of aliphatic hydroxyl groups is 1. The van der Waals surface area contributed by atoms with Gasteiger partial charge in [0.25, 0.3) is 0 Å². The van der Waals surface area contributed by atoms with Crippen molar-refractivity contribution in [3.63, 3.8) is 0 Å². The fraction of sp³-hybridized carbons (Fsp3) is 0.706. The average molecular weight is 345 g/mol. The number of rotatable bonds is 11. The summed E-state index contributed by atoms with van der Waals surface area (Å²) in [4.78, 5) is 11.2. The minimum Gasteiger partial charge on any atom is -0.466 e. The lowest BCUT2D eigenvalue weighted by Crippen LogP contribution is -2.44. The number of carbonyl (C=O) groups excluding carboxylic acids is 1. The fourth-order valence-corrected chi connectivity index (χ4v) is 2.69. The molecule has 0 amide bonds. The Balaban J connectivity index is 4.66. The maximum absolute atomic E-state index is 11.2. The molecule has 0 aliphatic heterocycles. The van der Waals surface area contributed by atoms with Gasteiger partial charge < -0.3 is 19.3 Å². The van der Waals surface area contributed by atoms with Gasteiger partial charge in [-0.1, -0.05) is 32.6 Å². The molecule has 0 aromatic carbocycles. The number of ether oxygens (including phenoxy) is 3.